The molecule has 2 saturated heterocycles. The molecule has 0 radical (unpaired) electrons. The molecule has 26 heavy (non-hydrogen) atoms. The summed E-state index contributed by atoms with van der Waals surface area (Å²) in [5.74, 6) is -0.161. The van der Waals surface area contributed by atoms with Crippen LogP contribution >= 0.6 is 0 Å². The molecule has 1 aromatic rings. The van der Waals surface area contributed by atoms with Crippen LogP contribution in [0.4, 0.5) is 0 Å². The first-order valence-corrected chi connectivity index (χ1v) is 9.05. The first kappa shape index (κ1) is 18.4. The second-order valence-corrected chi connectivity index (χ2v) is 6.70. The molecule has 1 N–H and O–H groups in total. The second kappa shape index (κ2) is 8.35. The smallest absolute Gasteiger partial charge is 0.290 e. The Morgan fingerprint density at radius 3 is 2.85 bits per heavy atom. The van der Waals surface area contributed by atoms with Crippen molar-refractivity contribution in [2.45, 2.75) is 38.3 Å². The first-order valence-electron chi connectivity index (χ1n) is 9.05. The molecule has 0 saturated carbocycles. The third-order valence-corrected chi connectivity index (χ3v) is 4.81. The number of furan rings is 1. The lowest BCUT2D eigenvalue weighted by atomic mass is 10.00. The van der Waals surface area contributed by atoms with Crippen LogP contribution in [0.2, 0.25) is 0 Å². The minimum Gasteiger partial charge on any atom is -0.459 e. The van der Waals surface area contributed by atoms with E-state index >= 15 is 0 Å². The molecule has 142 valence electrons. The quantitative estimate of drug-likeness (QED) is 0.847. The van der Waals surface area contributed by atoms with Gasteiger partial charge in [-0.05, 0) is 31.4 Å². The van der Waals surface area contributed by atoms with E-state index in [0.717, 1.165) is 12.8 Å². The van der Waals surface area contributed by atoms with Crippen LogP contribution in [0, 0.1) is 0 Å². The number of carbonyl (C=O) groups excluding carboxylic acids is 3. The van der Waals surface area contributed by atoms with E-state index in [2.05, 4.69) is 5.32 Å². The number of nitrogens with zero attached hydrogens (tertiary/aromatic N) is 2. The number of ether oxygens (including phenoxy) is 1. The number of rotatable bonds is 4. The molecule has 8 nitrogen and oxygen atoms in total. The highest BCUT2D eigenvalue weighted by molar-refractivity contribution is 5.95. The fourth-order valence-corrected chi connectivity index (χ4v) is 3.48. The van der Waals surface area contributed by atoms with Crippen LogP contribution in [0.1, 0.15) is 36.7 Å². The molecule has 0 spiro atoms. The van der Waals surface area contributed by atoms with E-state index in [4.69, 9.17) is 9.15 Å². The van der Waals surface area contributed by atoms with Crippen molar-refractivity contribution in [3.63, 3.8) is 0 Å². The predicted octanol–water partition coefficient (Wildman–Crippen LogP) is 0.638. The Morgan fingerprint density at radius 1 is 1.27 bits per heavy atom. The first-order chi connectivity index (χ1) is 12.6. The van der Waals surface area contributed by atoms with Gasteiger partial charge in [0.05, 0.1) is 19.0 Å². The van der Waals surface area contributed by atoms with Gasteiger partial charge in [0.25, 0.3) is 5.91 Å². The molecule has 2 aliphatic heterocycles. The molecule has 2 unspecified atom stereocenters. The molecule has 0 aromatic carbocycles. The van der Waals surface area contributed by atoms with Gasteiger partial charge in [-0.3, -0.25) is 14.4 Å². The predicted molar refractivity (Wildman–Crippen MR) is 92.4 cm³/mol. The summed E-state index contributed by atoms with van der Waals surface area (Å²) >= 11 is 0. The van der Waals surface area contributed by atoms with Crippen molar-refractivity contribution >= 4 is 17.7 Å². The topological polar surface area (TPSA) is 92.1 Å². The Hall–Kier alpha value is -2.35. The van der Waals surface area contributed by atoms with Crippen molar-refractivity contribution in [3.8, 4) is 0 Å². The summed E-state index contributed by atoms with van der Waals surface area (Å²) in [4.78, 5) is 40.2. The fraction of sp³-hybridized carbons (Fsp3) is 0.611. The Morgan fingerprint density at radius 2 is 2.12 bits per heavy atom. The van der Waals surface area contributed by atoms with E-state index in [-0.39, 0.29) is 29.6 Å². The average Bonchev–Trinajstić information content (AvgIpc) is 3.20. The van der Waals surface area contributed by atoms with Crippen molar-refractivity contribution in [2.24, 2.45) is 0 Å². The zero-order valence-electron chi connectivity index (χ0n) is 15.0. The van der Waals surface area contributed by atoms with Crippen LogP contribution in [-0.4, -0.2) is 72.5 Å². The Bertz CT molecular complexity index is 645. The maximum atomic E-state index is 13.1. The maximum Gasteiger partial charge on any atom is 0.290 e. The molecular formula is C18H25N3O5. The normalized spacial score (nSPS) is 23.6. The standard InChI is InChI=1S/C18H25N3O5/c1-13(22)19-11-14-12-20(8-10-25-14)17(23)15-5-2-3-7-21(15)18(24)16-6-4-9-26-16/h4,6,9,14-15H,2-3,5,7-8,10-12H2,1H3,(H,19,22). The molecule has 0 bridgehead atoms. The summed E-state index contributed by atoms with van der Waals surface area (Å²) in [5, 5.41) is 2.72. The zero-order chi connectivity index (χ0) is 18.5. The highest BCUT2D eigenvalue weighted by Gasteiger charge is 2.37. The van der Waals surface area contributed by atoms with Crippen molar-refractivity contribution < 1.29 is 23.5 Å². The third-order valence-electron chi connectivity index (χ3n) is 4.81. The van der Waals surface area contributed by atoms with E-state index in [1.54, 1.807) is 21.9 Å². The van der Waals surface area contributed by atoms with Gasteiger partial charge in [-0.2, -0.15) is 0 Å². The number of amides is 3. The number of piperidine rings is 1. The largest absolute Gasteiger partial charge is 0.459 e. The van der Waals surface area contributed by atoms with Crippen LogP contribution in [0.25, 0.3) is 0 Å². The lowest BCUT2D eigenvalue weighted by Crippen LogP contribution is -2.57. The van der Waals surface area contributed by atoms with E-state index in [0.29, 0.717) is 39.2 Å². The third kappa shape index (κ3) is 4.24. The summed E-state index contributed by atoms with van der Waals surface area (Å²) in [6.07, 6.45) is 3.68. The van der Waals surface area contributed by atoms with Gasteiger partial charge in [-0.15, -0.1) is 0 Å². The number of hydrogen-bond donors (Lipinski definition) is 1. The maximum absolute atomic E-state index is 13.1. The molecule has 1 aromatic heterocycles. The van der Waals surface area contributed by atoms with Crippen molar-refractivity contribution in [1.29, 1.82) is 0 Å². The highest BCUT2D eigenvalue weighted by atomic mass is 16.5. The second-order valence-electron chi connectivity index (χ2n) is 6.70. The van der Waals surface area contributed by atoms with Gasteiger partial charge < -0.3 is 24.3 Å². The van der Waals surface area contributed by atoms with Crippen LogP contribution in [0.15, 0.2) is 22.8 Å². The number of likely N-dealkylation sites (tertiary alicyclic amines) is 1. The minimum absolute atomic E-state index is 0.0549. The Kier molecular flexibility index (Phi) is 5.92. The monoisotopic (exact) mass is 363 g/mol. The SMILES string of the molecule is CC(=O)NCC1CN(C(=O)C2CCCCN2C(=O)c2ccco2)CCO1. The van der Waals surface area contributed by atoms with E-state index < -0.39 is 6.04 Å². The molecule has 3 rings (SSSR count). The van der Waals surface area contributed by atoms with Crippen LogP contribution < -0.4 is 5.32 Å². The highest BCUT2D eigenvalue weighted by Crippen LogP contribution is 2.22. The van der Waals surface area contributed by atoms with Gasteiger partial charge in [-0.1, -0.05) is 0 Å². The summed E-state index contributed by atoms with van der Waals surface area (Å²) in [5.41, 5.74) is 0. The average molecular weight is 363 g/mol. The molecule has 2 atom stereocenters. The fourth-order valence-electron chi connectivity index (χ4n) is 3.48. The van der Waals surface area contributed by atoms with Gasteiger partial charge in [0.15, 0.2) is 5.76 Å². The lowest BCUT2D eigenvalue weighted by Gasteiger charge is -2.40. The molecule has 2 fully saturated rings. The van der Waals surface area contributed by atoms with E-state index in [9.17, 15) is 14.4 Å². The van der Waals surface area contributed by atoms with Gasteiger partial charge in [0.1, 0.15) is 6.04 Å². The lowest BCUT2D eigenvalue weighted by molar-refractivity contribution is -0.144. The van der Waals surface area contributed by atoms with Gasteiger partial charge in [-0.25, -0.2) is 0 Å². The number of morpholine rings is 1. The zero-order valence-corrected chi connectivity index (χ0v) is 15.0. The van der Waals surface area contributed by atoms with Crippen molar-refractivity contribution in [3.05, 3.63) is 24.2 Å². The van der Waals surface area contributed by atoms with E-state index in [1.807, 2.05) is 0 Å². The van der Waals surface area contributed by atoms with Crippen molar-refractivity contribution in [2.75, 3.05) is 32.8 Å². The van der Waals surface area contributed by atoms with Crippen molar-refractivity contribution in [1.82, 2.24) is 15.1 Å². The molecule has 0 aliphatic carbocycles. The summed E-state index contributed by atoms with van der Waals surface area (Å²) < 4.78 is 10.8. The van der Waals surface area contributed by atoms with Gasteiger partial charge >= 0.3 is 0 Å². The molecule has 3 heterocycles. The molecule has 3 amide bonds. The van der Waals surface area contributed by atoms with Crippen LogP contribution in [0.3, 0.4) is 0 Å². The number of carbonyl (C=O) groups is 3. The number of nitrogens with one attached hydrogen (secondary N) is 1. The summed E-state index contributed by atoms with van der Waals surface area (Å²) in [6, 6.07) is 2.82. The summed E-state index contributed by atoms with van der Waals surface area (Å²) in [7, 11) is 0. The molecule has 8 heteroatoms. The Balaban J connectivity index is 1.66. The minimum atomic E-state index is -0.471. The summed E-state index contributed by atoms with van der Waals surface area (Å²) in [6.45, 7) is 3.71. The van der Waals surface area contributed by atoms with Gasteiger partial charge in [0.2, 0.25) is 11.8 Å². The molecular weight excluding hydrogens is 338 g/mol. The molecule has 2 aliphatic rings. The van der Waals surface area contributed by atoms with Crippen LogP contribution in [-0.2, 0) is 14.3 Å². The van der Waals surface area contributed by atoms with Gasteiger partial charge in [0, 0.05) is 33.1 Å². The number of hydrogen-bond acceptors (Lipinski definition) is 5. The Labute approximate surface area is 152 Å². The van der Waals surface area contributed by atoms with Crippen LogP contribution in [0.5, 0.6) is 0 Å². The van der Waals surface area contributed by atoms with E-state index in [1.165, 1.54) is 13.2 Å².